The summed E-state index contributed by atoms with van der Waals surface area (Å²) in [7, 11) is 1.86. The van der Waals surface area contributed by atoms with E-state index >= 15 is 0 Å². The molecule has 17 heavy (non-hydrogen) atoms. The number of ether oxygens (including phenoxy) is 1. The lowest BCUT2D eigenvalue weighted by Gasteiger charge is -2.34. The SMILES string of the molecule is Cc1nn(C)c(Cl)c1CN1CCOCC1CCl. The van der Waals surface area contributed by atoms with Gasteiger partial charge in [0.1, 0.15) is 5.15 Å². The maximum absolute atomic E-state index is 6.23. The lowest BCUT2D eigenvalue weighted by molar-refractivity contribution is -0.00311. The first-order chi connectivity index (χ1) is 8.13. The molecule has 1 aliphatic rings. The second-order valence-electron chi connectivity index (χ2n) is 4.33. The van der Waals surface area contributed by atoms with Gasteiger partial charge in [0.2, 0.25) is 0 Å². The van der Waals surface area contributed by atoms with E-state index in [1.807, 2.05) is 14.0 Å². The zero-order valence-corrected chi connectivity index (χ0v) is 11.6. The number of hydrogen-bond acceptors (Lipinski definition) is 3. The Balaban J connectivity index is 2.13. The minimum absolute atomic E-state index is 0.265. The predicted octanol–water partition coefficient (Wildman–Crippen LogP) is 1.82. The fourth-order valence-corrected chi connectivity index (χ4v) is 2.61. The standard InChI is InChI=1S/C11H17Cl2N3O/c1-8-10(11(13)15(2)14-8)6-16-3-4-17-7-9(16)5-12/h9H,3-7H2,1-2H3. The number of halogens is 2. The number of hydrogen-bond donors (Lipinski definition) is 0. The van der Waals surface area contributed by atoms with Gasteiger partial charge in [-0.2, -0.15) is 5.10 Å². The number of aryl methyl sites for hydroxylation is 2. The summed E-state index contributed by atoms with van der Waals surface area (Å²) in [5.74, 6) is 0.580. The molecule has 4 nitrogen and oxygen atoms in total. The van der Waals surface area contributed by atoms with Crippen LogP contribution in [0.25, 0.3) is 0 Å². The van der Waals surface area contributed by atoms with Gasteiger partial charge in [-0.3, -0.25) is 9.58 Å². The van der Waals surface area contributed by atoms with Crippen LogP contribution in [0.1, 0.15) is 11.3 Å². The summed E-state index contributed by atoms with van der Waals surface area (Å²) in [6, 6.07) is 0.265. The first kappa shape index (κ1) is 13.1. The van der Waals surface area contributed by atoms with Crippen LogP contribution >= 0.6 is 23.2 Å². The zero-order chi connectivity index (χ0) is 12.4. The van der Waals surface area contributed by atoms with Gasteiger partial charge in [0.05, 0.1) is 18.9 Å². The van der Waals surface area contributed by atoms with Gasteiger partial charge in [-0.25, -0.2) is 0 Å². The Kier molecular flexibility index (Phi) is 4.31. The molecule has 6 heteroatoms. The van der Waals surface area contributed by atoms with Gasteiger partial charge in [-0.05, 0) is 6.92 Å². The molecular weight excluding hydrogens is 261 g/mol. The first-order valence-corrected chi connectivity index (χ1v) is 6.60. The molecule has 0 amide bonds. The van der Waals surface area contributed by atoms with E-state index in [0.29, 0.717) is 17.6 Å². The molecule has 1 aliphatic heterocycles. The number of aromatic nitrogens is 2. The third-order valence-electron chi connectivity index (χ3n) is 3.16. The fourth-order valence-electron chi connectivity index (χ4n) is 2.10. The summed E-state index contributed by atoms with van der Waals surface area (Å²) in [4.78, 5) is 2.31. The molecule has 2 rings (SSSR count). The van der Waals surface area contributed by atoms with Crippen LogP contribution in [0, 0.1) is 6.92 Å². The quantitative estimate of drug-likeness (QED) is 0.790. The minimum Gasteiger partial charge on any atom is -0.378 e. The maximum Gasteiger partial charge on any atom is 0.131 e. The molecule has 2 heterocycles. The Morgan fingerprint density at radius 1 is 1.53 bits per heavy atom. The molecular formula is C11H17Cl2N3O. The van der Waals surface area contributed by atoms with Gasteiger partial charge in [0.15, 0.2) is 0 Å². The van der Waals surface area contributed by atoms with Crippen LogP contribution in [0.2, 0.25) is 5.15 Å². The van der Waals surface area contributed by atoms with Crippen molar-refractivity contribution in [2.24, 2.45) is 7.05 Å². The predicted molar refractivity (Wildman–Crippen MR) is 68.7 cm³/mol. The third kappa shape index (κ3) is 2.76. The van der Waals surface area contributed by atoms with E-state index in [1.165, 1.54) is 0 Å². The van der Waals surface area contributed by atoms with Crippen LogP contribution in [-0.2, 0) is 18.3 Å². The molecule has 0 N–H and O–H groups in total. The van der Waals surface area contributed by atoms with Crippen LogP contribution in [0.4, 0.5) is 0 Å². The lowest BCUT2D eigenvalue weighted by atomic mass is 10.2. The van der Waals surface area contributed by atoms with E-state index in [0.717, 1.165) is 31.0 Å². The normalized spacial score (nSPS) is 22.0. The van der Waals surface area contributed by atoms with Crippen molar-refractivity contribution in [1.29, 1.82) is 0 Å². The molecule has 0 spiro atoms. The highest BCUT2D eigenvalue weighted by Gasteiger charge is 2.24. The topological polar surface area (TPSA) is 30.3 Å². The van der Waals surface area contributed by atoms with E-state index < -0.39 is 0 Å². The van der Waals surface area contributed by atoms with Gasteiger partial charge in [-0.15, -0.1) is 11.6 Å². The zero-order valence-electron chi connectivity index (χ0n) is 10.1. The van der Waals surface area contributed by atoms with Gasteiger partial charge in [-0.1, -0.05) is 11.6 Å². The molecule has 1 fully saturated rings. The Bertz CT molecular complexity index is 394. The highest BCUT2D eigenvalue weighted by molar-refractivity contribution is 6.30. The second kappa shape index (κ2) is 5.57. The van der Waals surface area contributed by atoms with Crippen molar-refractivity contribution in [2.45, 2.75) is 19.5 Å². The van der Waals surface area contributed by atoms with E-state index in [4.69, 9.17) is 27.9 Å². The second-order valence-corrected chi connectivity index (χ2v) is 5.00. The molecule has 0 radical (unpaired) electrons. The van der Waals surface area contributed by atoms with Gasteiger partial charge >= 0.3 is 0 Å². The third-order valence-corrected chi connectivity index (χ3v) is 3.99. The Labute approximate surface area is 111 Å². The Hall–Kier alpha value is -0.290. The van der Waals surface area contributed by atoms with Crippen molar-refractivity contribution in [2.75, 3.05) is 25.6 Å². The fraction of sp³-hybridized carbons (Fsp3) is 0.727. The van der Waals surface area contributed by atoms with Gasteiger partial charge < -0.3 is 4.74 Å². The van der Waals surface area contributed by atoms with Gasteiger partial charge in [0.25, 0.3) is 0 Å². The molecule has 0 bridgehead atoms. The average molecular weight is 278 g/mol. The summed E-state index contributed by atoms with van der Waals surface area (Å²) >= 11 is 12.2. The molecule has 1 aromatic heterocycles. The highest BCUT2D eigenvalue weighted by atomic mass is 35.5. The van der Waals surface area contributed by atoms with E-state index in [2.05, 4.69) is 10.00 Å². The van der Waals surface area contributed by atoms with Crippen LogP contribution in [-0.4, -0.2) is 46.4 Å². The summed E-state index contributed by atoms with van der Waals surface area (Å²) < 4.78 is 7.14. The van der Waals surface area contributed by atoms with Crippen molar-refractivity contribution in [3.63, 3.8) is 0 Å². The summed E-state index contributed by atoms with van der Waals surface area (Å²) in [5.41, 5.74) is 2.07. The number of morpholine rings is 1. The minimum atomic E-state index is 0.265. The summed E-state index contributed by atoms with van der Waals surface area (Å²) in [5, 5.41) is 5.03. The maximum atomic E-state index is 6.23. The Morgan fingerprint density at radius 2 is 2.29 bits per heavy atom. The molecule has 0 saturated carbocycles. The lowest BCUT2D eigenvalue weighted by Crippen LogP contribution is -2.46. The molecule has 1 unspecified atom stereocenters. The van der Waals surface area contributed by atoms with Crippen LogP contribution < -0.4 is 0 Å². The van der Waals surface area contributed by atoms with Crippen molar-refractivity contribution in [3.05, 3.63) is 16.4 Å². The smallest absolute Gasteiger partial charge is 0.131 e. The summed E-state index contributed by atoms with van der Waals surface area (Å²) in [6.07, 6.45) is 0. The molecule has 96 valence electrons. The van der Waals surface area contributed by atoms with Crippen molar-refractivity contribution in [1.82, 2.24) is 14.7 Å². The number of alkyl halides is 1. The monoisotopic (exact) mass is 277 g/mol. The largest absolute Gasteiger partial charge is 0.378 e. The number of rotatable bonds is 3. The van der Waals surface area contributed by atoms with Crippen LogP contribution in [0.3, 0.4) is 0 Å². The number of nitrogens with zero attached hydrogens (tertiary/aromatic N) is 3. The van der Waals surface area contributed by atoms with E-state index in [9.17, 15) is 0 Å². The van der Waals surface area contributed by atoms with E-state index in [1.54, 1.807) is 4.68 Å². The molecule has 1 atom stereocenters. The summed E-state index contributed by atoms with van der Waals surface area (Å²) in [6.45, 7) is 5.11. The molecule has 1 aromatic rings. The molecule has 1 saturated heterocycles. The molecule has 0 aromatic carbocycles. The van der Waals surface area contributed by atoms with Gasteiger partial charge in [0, 0.05) is 37.6 Å². The van der Waals surface area contributed by atoms with E-state index in [-0.39, 0.29) is 6.04 Å². The first-order valence-electron chi connectivity index (χ1n) is 5.69. The highest BCUT2D eigenvalue weighted by Crippen LogP contribution is 2.22. The van der Waals surface area contributed by atoms with Crippen molar-refractivity contribution < 1.29 is 4.74 Å². The van der Waals surface area contributed by atoms with Crippen LogP contribution in [0.15, 0.2) is 0 Å². The van der Waals surface area contributed by atoms with Crippen molar-refractivity contribution >= 4 is 23.2 Å². The van der Waals surface area contributed by atoms with Crippen LogP contribution in [0.5, 0.6) is 0 Å². The Morgan fingerprint density at radius 3 is 2.88 bits per heavy atom. The average Bonchev–Trinajstić information content (AvgIpc) is 2.57. The molecule has 0 aliphatic carbocycles. The van der Waals surface area contributed by atoms with Crippen molar-refractivity contribution in [3.8, 4) is 0 Å².